The summed E-state index contributed by atoms with van der Waals surface area (Å²) in [6.07, 6.45) is 16.1. The summed E-state index contributed by atoms with van der Waals surface area (Å²) in [5.41, 5.74) is 5.27. The van der Waals surface area contributed by atoms with Gasteiger partial charge >= 0.3 is 19.8 Å². The first-order chi connectivity index (χ1) is 17.3. The predicted molar refractivity (Wildman–Crippen MR) is 141 cm³/mol. The summed E-state index contributed by atoms with van der Waals surface area (Å²) in [7, 11) is -4.34. The molecule has 0 bridgehead atoms. The van der Waals surface area contributed by atoms with Crippen molar-refractivity contribution >= 4 is 19.8 Å². The smallest absolute Gasteiger partial charge is 0.462 e. The zero-order valence-corrected chi connectivity index (χ0v) is 23.7. The largest absolute Gasteiger partial charge is 0.472 e. The molecule has 0 aromatic rings. The van der Waals surface area contributed by atoms with Gasteiger partial charge < -0.3 is 20.1 Å². The Morgan fingerprint density at radius 3 is 1.69 bits per heavy atom. The van der Waals surface area contributed by atoms with E-state index in [1.165, 1.54) is 44.9 Å². The Bertz CT molecular complexity index is 590. The number of hydrogen-bond donors (Lipinski definition) is 2. The minimum atomic E-state index is -4.34. The highest BCUT2D eigenvalue weighted by atomic mass is 31.2. The van der Waals surface area contributed by atoms with E-state index >= 15 is 0 Å². The van der Waals surface area contributed by atoms with Crippen LogP contribution in [0.4, 0.5) is 0 Å². The average molecular weight is 538 g/mol. The van der Waals surface area contributed by atoms with Crippen LogP contribution < -0.4 is 5.73 Å². The summed E-state index contributed by atoms with van der Waals surface area (Å²) in [4.78, 5) is 34.0. The van der Waals surface area contributed by atoms with E-state index in [0.29, 0.717) is 6.42 Å². The van der Waals surface area contributed by atoms with Gasteiger partial charge in [0.15, 0.2) is 6.10 Å². The van der Waals surface area contributed by atoms with Crippen LogP contribution in [0.1, 0.15) is 123 Å². The second-order valence-electron chi connectivity index (χ2n) is 9.28. The molecule has 36 heavy (non-hydrogen) atoms. The molecule has 0 aliphatic carbocycles. The topological polar surface area (TPSA) is 134 Å². The molecule has 0 aliphatic rings. The lowest BCUT2D eigenvalue weighted by atomic mass is 10.1. The molecule has 9 nitrogen and oxygen atoms in total. The van der Waals surface area contributed by atoms with Crippen LogP contribution in [-0.4, -0.2) is 49.3 Å². The Kier molecular flexibility index (Phi) is 23.7. The highest BCUT2D eigenvalue weighted by Gasteiger charge is 2.25. The summed E-state index contributed by atoms with van der Waals surface area (Å²) in [5, 5.41) is 0. The standard InChI is InChI=1S/C26H52NO8P/c1-3-5-7-9-10-11-12-13-15-17-19-26(29)35-24(23-34-36(30,31)33-21-20-27)22-32-25(28)18-16-14-8-6-4-2/h24H,3-23,27H2,1-2H3,(H,30,31)/t24-/m1/s1. The van der Waals surface area contributed by atoms with Crippen LogP contribution in [0.15, 0.2) is 0 Å². The fourth-order valence-electron chi connectivity index (χ4n) is 3.63. The molecular weight excluding hydrogens is 485 g/mol. The van der Waals surface area contributed by atoms with E-state index in [0.717, 1.165) is 44.9 Å². The Hall–Kier alpha value is -0.990. The van der Waals surface area contributed by atoms with Crippen molar-refractivity contribution in [2.45, 2.75) is 129 Å². The third kappa shape index (κ3) is 23.4. The molecule has 3 N–H and O–H groups in total. The van der Waals surface area contributed by atoms with Gasteiger partial charge in [0.1, 0.15) is 6.61 Å². The minimum absolute atomic E-state index is 0.0566. The van der Waals surface area contributed by atoms with Crippen molar-refractivity contribution in [3.8, 4) is 0 Å². The summed E-state index contributed by atoms with van der Waals surface area (Å²) in [6.45, 7) is 3.58. The van der Waals surface area contributed by atoms with Crippen molar-refractivity contribution < 1.29 is 37.6 Å². The molecule has 0 aliphatic heterocycles. The molecule has 214 valence electrons. The van der Waals surface area contributed by atoms with Gasteiger partial charge in [-0.05, 0) is 12.8 Å². The molecule has 0 radical (unpaired) electrons. The maximum atomic E-state index is 12.3. The molecule has 1 unspecified atom stereocenters. The first kappa shape index (κ1) is 35.0. The fraction of sp³-hybridized carbons (Fsp3) is 0.923. The van der Waals surface area contributed by atoms with E-state index in [-0.39, 0.29) is 32.6 Å². The lowest BCUT2D eigenvalue weighted by molar-refractivity contribution is -0.161. The Labute approximate surface area is 218 Å². The van der Waals surface area contributed by atoms with Crippen LogP contribution in [0, 0.1) is 0 Å². The third-order valence-corrected chi connectivity index (χ3v) is 6.73. The Morgan fingerprint density at radius 1 is 0.722 bits per heavy atom. The summed E-state index contributed by atoms with van der Waals surface area (Å²) < 4.78 is 32.2. The van der Waals surface area contributed by atoms with Gasteiger partial charge in [0.2, 0.25) is 0 Å². The summed E-state index contributed by atoms with van der Waals surface area (Å²) in [6, 6.07) is 0. The Morgan fingerprint density at radius 2 is 1.19 bits per heavy atom. The summed E-state index contributed by atoms with van der Waals surface area (Å²) >= 11 is 0. The van der Waals surface area contributed by atoms with Gasteiger partial charge in [-0.25, -0.2) is 4.57 Å². The molecule has 0 aromatic heterocycles. The number of carbonyl (C=O) groups excluding carboxylic acids is 2. The van der Waals surface area contributed by atoms with E-state index in [2.05, 4.69) is 13.8 Å². The molecule has 0 rings (SSSR count). The fourth-order valence-corrected chi connectivity index (χ4v) is 4.40. The molecule has 0 aromatic carbocycles. The van der Waals surface area contributed by atoms with Crippen molar-refractivity contribution in [3.63, 3.8) is 0 Å². The molecule has 0 saturated heterocycles. The number of phosphoric acid groups is 1. The molecule has 0 heterocycles. The normalized spacial score (nSPS) is 13.8. The van der Waals surface area contributed by atoms with Crippen LogP contribution in [-0.2, 0) is 32.7 Å². The van der Waals surface area contributed by atoms with Crippen molar-refractivity contribution in [3.05, 3.63) is 0 Å². The molecule has 0 spiro atoms. The van der Waals surface area contributed by atoms with Crippen LogP contribution in [0.3, 0.4) is 0 Å². The number of carbonyl (C=O) groups is 2. The van der Waals surface area contributed by atoms with Crippen molar-refractivity contribution in [2.24, 2.45) is 5.73 Å². The van der Waals surface area contributed by atoms with Gasteiger partial charge in [-0.3, -0.25) is 18.6 Å². The number of hydrogen-bond acceptors (Lipinski definition) is 8. The number of esters is 2. The SMILES string of the molecule is CCCCCCCCCCCCC(=O)O[C@H](COC(=O)CCCCCCC)COP(=O)(O)OCCN. The maximum Gasteiger partial charge on any atom is 0.472 e. The first-order valence-electron chi connectivity index (χ1n) is 14.0. The molecule has 0 amide bonds. The predicted octanol–water partition coefficient (Wildman–Crippen LogP) is 6.21. The minimum Gasteiger partial charge on any atom is -0.462 e. The number of rotatable bonds is 26. The van der Waals surface area contributed by atoms with E-state index < -0.39 is 32.5 Å². The van der Waals surface area contributed by atoms with E-state index in [1.807, 2.05) is 0 Å². The monoisotopic (exact) mass is 537 g/mol. The van der Waals surface area contributed by atoms with E-state index in [4.69, 9.17) is 24.3 Å². The average Bonchev–Trinajstić information content (AvgIpc) is 2.85. The van der Waals surface area contributed by atoms with E-state index in [9.17, 15) is 19.0 Å². The van der Waals surface area contributed by atoms with Crippen LogP contribution >= 0.6 is 7.82 Å². The third-order valence-electron chi connectivity index (χ3n) is 5.74. The van der Waals surface area contributed by atoms with Gasteiger partial charge in [0, 0.05) is 19.4 Å². The molecule has 0 saturated carbocycles. The van der Waals surface area contributed by atoms with Crippen LogP contribution in [0.5, 0.6) is 0 Å². The molecule has 2 atom stereocenters. The van der Waals surface area contributed by atoms with Gasteiger partial charge in [0.25, 0.3) is 0 Å². The van der Waals surface area contributed by atoms with Crippen molar-refractivity contribution in [1.29, 1.82) is 0 Å². The number of nitrogens with two attached hydrogens (primary N) is 1. The van der Waals surface area contributed by atoms with Gasteiger partial charge in [-0.15, -0.1) is 0 Å². The quantitative estimate of drug-likeness (QED) is 0.0750. The number of ether oxygens (including phenoxy) is 2. The second kappa shape index (κ2) is 24.4. The summed E-state index contributed by atoms with van der Waals surface area (Å²) in [5.74, 6) is -0.844. The molecule has 0 fully saturated rings. The zero-order chi connectivity index (χ0) is 26.9. The zero-order valence-electron chi connectivity index (χ0n) is 22.8. The van der Waals surface area contributed by atoms with Crippen molar-refractivity contribution in [1.82, 2.24) is 0 Å². The molecular formula is C26H52NO8P. The lowest BCUT2D eigenvalue weighted by Crippen LogP contribution is -2.29. The number of phosphoric ester groups is 1. The number of unbranched alkanes of at least 4 members (excludes halogenated alkanes) is 13. The van der Waals surface area contributed by atoms with Gasteiger partial charge in [0.05, 0.1) is 13.2 Å². The van der Waals surface area contributed by atoms with Crippen LogP contribution in [0.25, 0.3) is 0 Å². The van der Waals surface area contributed by atoms with Crippen LogP contribution in [0.2, 0.25) is 0 Å². The highest BCUT2D eigenvalue weighted by Crippen LogP contribution is 2.43. The maximum absolute atomic E-state index is 12.3. The second-order valence-corrected chi connectivity index (χ2v) is 10.7. The highest BCUT2D eigenvalue weighted by molar-refractivity contribution is 7.47. The van der Waals surface area contributed by atoms with Gasteiger partial charge in [-0.2, -0.15) is 0 Å². The first-order valence-corrected chi connectivity index (χ1v) is 15.5. The van der Waals surface area contributed by atoms with E-state index in [1.54, 1.807) is 0 Å². The lowest BCUT2D eigenvalue weighted by Gasteiger charge is -2.19. The van der Waals surface area contributed by atoms with Gasteiger partial charge in [-0.1, -0.05) is 97.3 Å². The van der Waals surface area contributed by atoms with Crippen molar-refractivity contribution in [2.75, 3.05) is 26.4 Å². The molecule has 10 heteroatoms. The Balaban J connectivity index is 4.35.